The first-order valence-electron chi connectivity index (χ1n) is 11.3. The SMILES string of the molecule is CC(C)(C)c1ccc(-c2nc3cc(NC(=O)c4ccc(-c5cccc([N+](=O)[O-])c5)o4)ccc3o2)cc1. The normalized spacial score (nSPS) is 11.5. The van der Waals surface area contributed by atoms with Gasteiger partial charge in [-0.2, -0.15) is 0 Å². The molecule has 0 atom stereocenters. The number of carbonyl (C=O) groups is 1. The highest BCUT2D eigenvalue weighted by Crippen LogP contribution is 2.30. The monoisotopic (exact) mass is 481 g/mol. The minimum Gasteiger partial charge on any atom is -0.451 e. The molecule has 1 N–H and O–H groups in total. The average molecular weight is 482 g/mol. The molecule has 0 saturated heterocycles. The van der Waals surface area contributed by atoms with Crippen molar-refractivity contribution in [1.82, 2.24) is 4.98 Å². The van der Waals surface area contributed by atoms with Crippen LogP contribution in [0, 0.1) is 10.1 Å². The summed E-state index contributed by atoms with van der Waals surface area (Å²) in [5, 5.41) is 13.8. The van der Waals surface area contributed by atoms with Gasteiger partial charge in [0.2, 0.25) is 5.89 Å². The van der Waals surface area contributed by atoms with Gasteiger partial charge in [-0.25, -0.2) is 4.98 Å². The summed E-state index contributed by atoms with van der Waals surface area (Å²) in [7, 11) is 0. The summed E-state index contributed by atoms with van der Waals surface area (Å²) < 4.78 is 11.6. The Balaban J connectivity index is 1.34. The lowest BCUT2D eigenvalue weighted by molar-refractivity contribution is -0.384. The van der Waals surface area contributed by atoms with Crippen molar-refractivity contribution >= 4 is 28.4 Å². The van der Waals surface area contributed by atoms with Crippen LogP contribution in [0.2, 0.25) is 0 Å². The van der Waals surface area contributed by atoms with Gasteiger partial charge >= 0.3 is 0 Å². The van der Waals surface area contributed by atoms with Gasteiger partial charge in [0.05, 0.1) is 4.92 Å². The molecule has 5 aromatic rings. The molecule has 180 valence electrons. The van der Waals surface area contributed by atoms with E-state index in [0.29, 0.717) is 34.0 Å². The number of fused-ring (bicyclic) bond motifs is 1. The summed E-state index contributed by atoms with van der Waals surface area (Å²) in [6.45, 7) is 6.48. The topological polar surface area (TPSA) is 111 Å². The second-order valence-corrected chi connectivity index (χ2v) is 9.45. The molecule has 3 aromatic carbocycles. The molecular formula is C28H23N3O5. The Morgan fingerprint density at radius 3 is 2.42 bits per heavy atom. The molecule has 0 radical (unpaired) electrons. The molecule has 2 aromatic heterocycles. The summed E-state index contributed by atoms with van der Waals surface area (Å²) in [4.78, 5) is 27.9. The molecule has 0 fully saturated rings. The van der Waals surface area contributed by atoms with E-state index in [-0.39, 0.29) is 16.9 Å². The first-order chi connectivity index (χ1) is 17.2. The molecule has 0 aliphatic carbocycles. The first kappa shape index (κ1) is 23.0. The first-order valence-corrected chi connectivity index (χ1v) is 11.3. The van der Waals surface area contributed by atoms with E-state index in [1.165, 1.54) is 23.8 Å². The zero-order valence-electron chi connectivity index (χ0n) is 19.9. The number of furan rings is 1. The molecule has 0 bridgehead atoms. The Morgan fingerprint density at radius 1 is 0.917 bits per heavy atom. The number of nitrogens with zero attached hydrogens (tertiary/aromatic N) is 2. The van der Waals surface area contributed by atoms with Crippen LogP contribution in [-0.2, 0) is 5.41 Å². The van der Waals surface area contributed by atoms with Gasteiger partial charge in [-0.05, 0) is 53.4 Å². The maximum atomic E-state index is 12.8. The predicted molar refractivity (Wildman–Crippen MR) is 137 cm³/mol. The standard InChI is InChI=1S/C28H23N3O5/c1-28(2,3)19-9-7-17(8-10-19)27-30-22-16-20(11-12-24(22)36-27)29-26(32)25-14-13-23(35-25)18-5-4-6-21(15-18)31(33)34/h4-16H,1-3H3,(H,29,32). The third kappa shape index (κ3) is 4.61. The fraction of sp³-hybridized carbons (Fsp3) is 0.143. The smallest absolute Gasteiger partial charge is 0.291 e. The van der Waals surface area contributed by atoms with E-state index >= 15 is 0 Å². The van der Waals surface area contributed by atoms with Gasteiger partial charge in [-0.1, -0.05) is 45.0 Å². The number of nitrogens with one attached hydrogen (secondary N) is 1. The molecule has 1 amide bonds. The van der Waals surface area contributed by atoms with E-state index in [0.717, 1.165) is 5.56 Å². The van der Waals surface area contributed by atoms with Crippen molar-refractivity contribution in [2.24, 2.45) is 0 Å². The van der Waals surface area contributed by atoms with E-state index < -0.39 is 10.8 Å². The molecule has 2 heterocycles. The molecule has 0 aliphatic heterocycles. The maximum absolute atomic E-state index is 12.8. The maximum Gasteiger partial charge on any atom is 0.291 e. The number of non-ortho nitro benzene ring substituents is 1. The number of nitro groups is 1. The van der Waals surface area contributed by atoms with Crippen LogP contribution >= 0.6 is 0 Å². The predicted octanol–water partition coefficient (Wildman–Crippen LogP) is 7.21. The quantitative estimate of drug-likeness (QED) is 0.210. The summed E-state index contributed by atoms with van der Waals surface area (Å²) >= 11 is 0. The third-order valence-corrected chi connectivity index (χ3v) is 5.81. The van der Waals surface area contributed by atoms with E-state index in [4.69, 9.17) is 8.83 Å². The van der Waals surface area contributed by atoms with Crippen LogP contribution in [0.15, 0.2) is 87.7 Å². The highest BCUT2D eigenvalue weighted by atomic mass is 16.6. The number of amides is 1. The van der Waals surface area contributed by atoms with Crippen LogP contribution in [0.3, 0.4) is 0 Å². The van der Waals surface area contributed by atoms with Crippen molar-refractivity contribution in [2.75, 3.05) is 5.32 Å². The average Bonchev–Trinajstić information content (AvgIpc) is 3.51. The Hall–Kier alpha value is -4.72. The molecule has 0 spiro atoms. The van der Waals surface area contributed by atoms with Gasteiger partial charge in [0.25, 0.3) is 11.6 Å². The van der Waals surface area contributed by atoms with Crippen molar-refractivity contribution in [3.8, 4) is 22.8 Å². The lowest BCUT2D eigenvalue weighted by Gasteiger charge is -2.18. The molecule has 8 nitrogen and oxygen atoms in total. The van der Waals surface area contributed by atoms with Crippen molar-refractivity contribution in [2.45, 2.75) is 26.2 Å². The number of nitro benzene ring substituents is 1. The zero-order chi connectivity index (χ0) is 25.4. The number of benzene rings is 3. The molecule has 8 heteroatoms. The molecule has 0 saturated carbocycles. The minimum absolute atomic E-state index is 0.0552. The second-order valence-electron chi connectivity index (χ2n) is 9.45. The highest BCUT2D eigenvalue weighted by Gasteiger charge is 2.17. The van der Waals surface area contributed by atoms with E-state index in [9.17, 15) is 14.9 Å². The zero-order valence-corrected chi connectivity index (χ0v) is 19.9. The van der Waals surface area contributed by atoms with Gasteiger partial charge < -0.3 is 14.2 Å². The number of carbonyl (C=O) groups excluding carboxylic acids is 1. The third-order valence-electron chi connectivity index (χ3n) is 5.81. The van der Waals surface area contributed by atoms with Crippen LogP contribution < -0.4 is 5.32 Å². The van der Waals surface area contributed by atoms with Crippen LogP contribution in [-0.4, -0.2) is 15.8 Å². The number of hydrogen-bond donors (Lipinski definition) is 1. The Bertz CT molecular complexity index is 1590. The Kier molecular flexibility index (Phi) is 5.64. The van der Waals surface area contributed by atoms with Crippen LogP contribution in [0.4, 0.5) is 11.4 Å². The van der Waals surface area contributed by atoms with E-state index in [1.807, 2.05) is 12.1 Å². The summed E-state index contributed by atoms with van der Waals surface area (Å²) in [5.41, 5.74) is 4.35. The van der Waals surface area contributed by atoms with E-state index in [1.54, 1.807) is 36.4 Å². The lowest BCUT2D eigenvalue weighted by Crippen LogP contribution is -2.10. The highest BCUT2D eigenvalue weighted by molar-refractivity contribution is 6.03. The Morgan fingerprint density at radius 2 is 1.69 bits per heavy atom. The van der Waals surface area contributed by atoms with Crippen molar-refractivity contribution in [1.29, 1.82) is 0 Å². The summed E-state index contributed by atoms with van der Waals surface area (Å²) in [5.74, 6) is 0.489. The van der Waals surface area contributed by atoms with Gasteiger partial charge in [0.15, 0.2) is 11.3 Å². The van der Waals surface area contributed by atoms with Crippen molar-refractivity contribution < 1.29 is 18.6 Å². The fourth-order valence-corrected chi connectivity index (χ4v) is 3.82. The summed E-state index contributed by atoms with van der Waals surface area (Å²) in [6, 6.07) is 22.5. The molecule has 36 heavy (non-hydrogen) atoms. The lowest BCUT2D eigenvalue weighted by atomic mass is 9.87. The molecule has 5 rings (SSSR count). The van der Waals surface area contributed by atoms with Gasteiger partial charge in [0.1, 0.15) is 11.3 Å². The largest absolute Gasteiger partial charge is 0.451 e. The van der Waals surface area contributed by atoms with Crippen molar-refractivity contribution in [3.63, 3.8) is 0 Å². The second kappa shape index (κ2) is 8.81. The van der Waals surface area contributed by atoms with Crippen molar-refractivity contribution in [3.05, 3.63) is 100 Å². The van der Waals surface area contributed by atoms with Crippen LogP contribution in [0.1, 0.15) is 36.9 Å². The minimum atomic E-state index is -0.480. The fourth-order valence-electron chi connectivity index (χ4n) is 3.82. The molecular weight excluding hydrogens is 458 g/mol. The van der Waals surface area contributed by atoms with Crippen LogP contribution in [0.5, 0.6) is 0 Å². The number of aromatic nitrogens is 1. The van der Waals surface area contributed by atoms with Crippen LogP contribution in [0.25, 0.3) is 33.9 Å². The van der Waals surface area contributed by atoms with Gasteiger partial charge in [-0.15, -0.1) is 0 Å². The molecule has 0 unspecified atom stereocenters. The summed E-state index contributed by atoms with van der Waals surface area (Å²) in [6.07, 6.45) is 0. The van der Waals surface area contributed by atoms with E-state index in [2.05, 4.69) is 43.2 Å². The molecule has 0 aliphatic rings. The number of oxazole rings is 1. The number of rotatable bonds is 5. The number of hydrogen-bond acceptors (Lipinski definition) is 6. The Labute approximate surface area is 206 Å². The number of anilines is 1. The van der Waals surface area contributed by atoms with Gasteiger partial charge in [0, 0.05) is 28.9 Å². The van der Waals surface area contributed by atoms with Gasteiger partial charge in [-0.3, -0.25) is 14.9 Å².